The van der Waals surface area contributed by atoms with E-state index < -0.39 is 0 Å². The van der Waals surface area contributed by atoms with E-state index in [4.69, 9.17) is 14.2 Å². The third-order valence-electron chi connectivity index (χ3n) is 5.96. The molecule has 0 radical (unpaired) electrons. The summed E-state index contributed by atoms with van der Waals surface area (Å²) in [5.74, 6) is 3.02. The second-order valence-corrected chi connectivity index (χ2v) is 7.77. The summed E-state index contributed by atoms with van der Waals surface area (Å²) < 4.78 is 16.4. The van der Waals surface area contributed by atoms with E-state index in [0.717, 1.165) is 43.1 Å². The van der Waals surface area contributed by atoms with Crippen LogP contribution in [0.4, 0.5) is 0 Å². The van der Waals surface area contributed by atoms with Crippen LogP contribution in [0.25, 0.3) is 0 Å². The predicted octanol–water partition coefficient (Wildman–Crippen LogP) is 3.41. The first kappa shape index (κ1) is 19.3. The summed E-state index contributed by atoms with van der Waals surface area (Å²) in [5.41, 5.74) is 1.21. The predicted molar refractivity (Wildman–Crippen MR) is 104 cm³/mol. The Balaban J connectivity index is 1.59. The number of hydrogen-bond acceptors (Lipinski definition) is 5. The van der Waals surface area contributed by atoms with Gasteiger partial charge < -0.3 is 14.2 Å². The van der Waals surface area contributed by atoms with Gasteiger partial charge in [-0.3, -0.25) is 9.80 Å². The lowest BCUT2D eigenvalue weighted by atomic mass is 9.86. The normalized spacial score (nSPS) is 25.1. The molecule has 1 saturated carbocycles. The fourth-order valence-corrected chi connectivity index (χ4v) is 4.51. The molecule has 0 N–H and O–H groups in total. The molecule has 3 rings (SSSR count). The monoisotopic (exact) mass is 362 g/mol. The lowest BCUT2D eigenvalue weighted by Gasteiger charge is -2.42. The molecule has 1 saturated heterocycles. The second kappa shape index (κ2) is 8.96. The van der Waals surface area contributed by atoms with Crippen LogP contribution >= 0.6 is 0 Å². The molecule has 1 aliphatic carbocycles. The highest BCUT2D eigenvalue weighted by Crippen LogP contribution is 2.38. The van der Waals surface area contributed by atoms with E-state index in [1.165, 1.54) is 44.3 Å². The molecule has 26 heavy (non-hydrogen) atoms. The van der Waals surface area contributed by atoms with Gasteiger partial charge in [0, 0.05) is 38.8 Å². The van der Waals surface area contributed by atoms with Crippen molar-refractivity contribution in [1.29, 1.82) is 0 Å². The number of methoxy groups -OCH3 is 3. The van der Waals surface area contributed by atoms with E-state index in [1.807, 2.05) is 0 Å². The highest BCUT2D eigenvalue weighted by molar-refractivity contribution is 5.53. The van der Waals surface area contributed by atoms with Crippen molar-refractivity contribution in [3.05, 3.63) is 17.7 Å². The Hall–Kier alpha value is -1.46. The van der Waals surface area contributed by atoms with Gasteiger partial charge in [0.25, 0.3) is 0 Å². The van der Waals surface area contributed by atoms with E-state index in [1.54, 1.807) is 21.3 Å². The van der Waals surface area contributed by atoms with E-state index in [-0.39, 0.29) is 0 Å². The van der Waals surface area contributed by atoms with Gasteiger partial charge in [0.2, 0.25) is 5.75 Å². The van der Waals surface area contributed by atoms with Crippen LogP contribution in [0.1, 0.15) is 38.2 Å². The molecule has 0 bridgehead atoms. The van der Waals surface area contributed by atoms with Crippen molar-refractivity contribution in [3.63, 3.8) is 0 Å². The summed E-state index contributed by atoms with van der Waals surface area (Å²) in [6, 6.07) is 4.94. The molecule has 2 atom stereocenters. The molecule has 5 heteroatoms. The first-order valence-corrected chi connectivity index (χ1v) is 9.90. The van der Waals surface area contributed by atoms with Gasteiger partial charge >= 0.3 is 0 Å². The van der Waals surface area contributed by atoms with Gasteiger partial charge in [0.1, 0.15) is 0 Å². The molecule has 1 aliphatic heterocycles. The minimum Gasteiger partial charge on any atom is -0.493 e. The number of hydrogen-bond donors (Lipinski definition) is 0. The van der Waals surface area contributed by atoms with Crippen LogP contribution in [0.15, 0.2) is 12.1 Å². The summed E-state index contributed by atoms with van der Waals surface area (Å²) in [6.07, 6.45) is 5.58. The number of piperazine rings is 1. The summed E-state index contributed by atoms with van der Waals surface area (Å²) in [4.78, 5) is 5.25. The van der Waals surface area contributed by atoms with Crippen LogP contribution in [0.3, 0.4) is 0 Å². The molecule has 0 amide bonds. The summed E-state index contributed by atoms with van der Waals surface area (Å²) >= 11 is 0. The summed E-state index contributed by atoms with van der Waals surface area (Å²) in [7, 11) is 4.99. The van der Waals surface area contributed by atoms with Crippen LogP contribution in [0.2, 0.25) is 0 Å². The summed E-state index contributed by atoms with van der Waals surface area (Å²) in [6.45, 7) is 7.95. The van der Waals surface area contributed by atoms with E-state index in [2.05, 4.69) is 28.9 Å². The number of ether oxygens (including phenoxy) is 3. The molecule has 1 heterocycles. The zero-order valence-electron chi connectivity index (χ0n) is 16.8. The lowest BCUT2D eigenvalue weighted by molar-refractivity contribution is 0.0658. The maximum atomic E-state index is 5.48. The molecular weight excluding hydrogens is 328 g/mol. The Morgan fingerprint density at radius 3 is 2.12 bits per heavy atom. The van der Waals surface area contributed by atoms with Gasteiger partial charge in [0.15, 0.2) is 11.5 Å². The van der Waals surface area contributed by atoms with Crippen molar-refractivity contribution < 1.29 is 14.2 Å². The largest absolute Gasteiger partial charge is 0.493 e. The number of nitrogens with zero attached hydrogens (tertiary/aromatic N) is 2. The standard InChI is InChI=1S/C21H34N2O3/c1-16-6-5-7-18(12-16)23-10-8-22(9-11-23)15-17-13-19(24-2)21(26-4)20(14-17)25-3/h13-14,16,18H,5-12,15H2,1-4H3/t16-,18-/m0/s1. The Labute approximate surface area is 158 Å². The topological polar surface area (TPSA) is 34.2 Å². The van der Waals surface area contributed by atoms with E-state index in [0.29, 0.717) is 5.75 Å². The molecule has 2 aliphatic rings. The summed E-state index contributed by atoms with van der Waals surface area (Å²) in [5, 5.41) is 0. The van der Waals surface area contributed by atoms with Crippen LogP contribution in [0, 0.1) is 5.92 Å². The molecule has 0 aromatic heterocycles. The maximum absolute atomic E-state index is 5.48. The molecule has 2 fully saturated rings. The van der Waals surface area contributed by atoms with Crippen LogP contribution in [-0.4, -0.2) is 63.4 Å². The van der Waals surface area contributed by atoms with E-state index >= 15 is 0 Å². The van der Waals surface area contributed by atoms with E-state index in [9.17, 15) is 0 Å². The first-order chi connectivity index (χ1) is 12.6. The molecule has 146 valence electrons. The van der Waals surface area contributed by atoms with Gasteiger partial charge in [-0.05, 0) is 36.5 Å². The van der Waals surface area contributed by atoms with Crippen LogP contribution in [0.5, 0.6) is 17.2 Å². The van der Waals surface area contributed by atoms with Crippen molar-refractivity contribution >= 4 is 0 Å². The fourth-order valence-electron chi connectivity index (χ4n) is 4.51. The highest BCUT2D eigenvalue weighted by atomic mass is 16.5. The molecule has 1 aromatic carbocycles. The van der Waals surface area contributed by atoms with Gasteiger partial charge in [0.05, 0.1) is 21.3 Å². The van der Waals surface area contributed by atoms with Gasteiger partial charge in [-0.15, -0.1) is 0 Å². The van der Waals surface area contributed by atoms with Crippen molar-refractivity contribution in [2.45, 2.75) is 45.2 Å². The van der Waals surface area contributed by atoms with Crippen LogP contribution < -0.4 is 14.2 Å². The molecular formula is C21H34N2O3. The number of benzene rings is 1. The molecule has 0 spiro atoms. The maximum Gasteiger partial charge on any atom is 0.203 e. The smallest absolute Gasteiger partial charge is 0.203 e. The minimum atomic E-state index is 0.662. The molecule has 5 nitrogen and oxygen atoms in total. The Kier molecular flexibility index (Phi) is 6.65. The van der Waals surface area contributed by atoms with Gasteiger partial charge in [-0.1, -0.05) is 19.8 Å². The third-order valence-corrected chi connectivity index (χ3v) is 5.96. The average Bonchev–Trinajstić information content (AvgIpc) is 2.67. The lowest BCUT2D eigenvalue weighted by Crippen LogP contribution is -2.50. The zero-order chi connectivity index (χ0) is 18.5. The van der Waals surface area contributed by atoms with Crippen LogP contribution in [-0.2, 0) is 6.54 Å². The average molecular weight is 363 g/mol. The molecule has 1 aromatic rings. The van der Waals surface area contributed by atoms with Crippen molar-refractivity contribution in [2.24, 2.45) is 5.92 Å². The van der Waals surface area contributed by atoms with Crippen molar-refractivity contribution in [2.75, 3.05) is 47.5 Å². The minimum absolute atomic E-state index is 0.662. The Morgan fingerprint density at radius 2 is 1.58 bits per heavy atom. The van der Waals surface area contributed by atoms with Crippen molar-refractivity contribution in [1.82, 2.24) is 9.80 Å². The SMILES string of the molecule is COc1cc(CN2CCN([C@H]3CCC[C@H](C)C3)CC2)cc(OC)c1OC. The first-order valence-electron chi connectivity index (χ1n) is 9.90. The Morgan fingerprint density at radius 1 is 0.923 bits per heavy atom. The Bertz CT molecular complexity index is 560. The molecule has 0 unspecified atom stereocenters. The fraction of sp³-hybridized carbons (Fsp3) is 0.714. The second-order valence-electron chi connectivity index (χ2n) is 7.77. The highest BCUT2D eigenvalue weighted by Gasteiger charge is 2.27. The van der Waals surface area contributed by atoms with Crippen molar-refractivity contribution in [3.8, 4) is 17.2 Å². The quantitative estimate of drug-likeness (QED) is 0.775. The third kappa shape index (κ3) is 4.44. The van der Waals surface area contributed by atoms with Gasteiger partial charge in [-0.25, -0.2) is 0 Å². The number of rotatable bonds is 6. The van der Waals surface area contributed by atoms with Gasteiger partial charge in [-0.2, -0.15) is 0 Å². The zero-order valence-corrected chi connectivity index (χ0v) is 16.8.